The minimum atomic E-state index is -0.595. The van der Waals surface area contributed by atoms with Crippen LogP contribution >= 0.6 is 23.2 Å². The Hall–Kier alpha value is -4.01. The third kappa shape index (κ3) is 6.32. The zero-order valence-electron chi connectivity index (χ0n) is 18.3. The molecule has 0 bridgehead atoms. The molecule has 0 saturated heterocycles. The van der Waals surface area contributed by atoms with E-state index in [2.05, 4.69) is 5.32 Å². The number of halogens is 2. The van der Waals surface area contributed by atoms with Crippen molar-refractivity contribution in [2.24, 2.45) is 0 Å². The van der Waals surface area contributed by atoms with E-state index >= 15 is 0 Å². The van der Waals surface area contributed by atoms with Crippen molar-refractivity contribution in [1.82, 2.24) is 0 Å². The summed E-state index contributed by atoms with van der Waals surface area (Å²) in [7, 11) is 0. The normalized spacial score (nSPS) is 10.6. The SMILES string of the molecule is Cc1cccc(Oc2cc(NC(=O)c3ccc(COc4ccc(Cl)cc4Cl)o3)cc([N+](=O)[O-])c2)c1. The molecule has 1 N–H and O–H groups in total. The first-order chi connectivity index (χ1) is 16.8. The summed E-state index contributed by atoms with van der Waals surface area (Å²) in [6.07, 6.45) is 0. The maximum atomic E-state index is 12.7. The van der Waals surface area contributed by atoms with Gasteiger partial charge in [0, 0.05) is 17.2 Å². The lowest BCUT2D eigenvalue weighted by molar-refractivity contribution is -0.384. The number of nitrogens with one attached hydrogen (secondary N) is 1. The summed E-state index contributed by atoms with van der Waals surface area (Å²) in [5.74, 6) is 0.911. The van der Waals surface area contributed by atoms with Crippen LogP contribution in [0.1, 0.15) is 21.9 Å². The third-order valence-corrected chi connectivity index (χ3v) is 5.26. The Bertz CT molecular complexity index is 1400. The lowest BCUT2D eigenvalue weighted by Crippen LogP contribution is -2.11. The molecule has 8 nitrogen and oxygen atoms in total. The maximum Gasteiger partial charge on any atom is 0.291 e. The molecule has 0 aliphatic carbocycles. The summed E-state index contributed by atoms with van der Waals surface area (Å²) < 4.78 is 16.9. The molecule has 0 aliphatic heterocycles. The van der Waals surface area contributed by atoms with Crippen molar-refractivity contribution in [3.05, 3.63) is 110 Å². The number of hydrogen-bond acceptors (Lipinski definition) is 6. The van der Waals surface area contributed by atoms with Crippen molar-refractivity contribution < 1.29 is 23.6 Å². The summed E-state index contributed by atoms with van der Waals surface area (Å²) in [4.78, 5) is 23.5. The molecule has 0 spiro atoms. The maximum absolute atomic E-state index is 12.7. The first-order valence-electron chi connectivity index (χ1n) is 10.3. The molecule has 0 aliphatic rings. The van der Waals surface area contributed by atoms with Gasteiger partial charge in [-0.15, -0.1) is 0 Å². The number of furan rings is 1. The molecule has 1 amide bonds. The van der Waals surface area contributed by atoms with Gasteiger partial charge in [0.2, 0.25) is 0 Å². The Morgan fingerprint density at radius 3 is 2.60 bits per heavy atom. The van der Waals surface area contributed by atoms with Crippen LogP contribution in [-0.4, -0.2) is 10.8 Å². The average Bonchev–Trinajstić information content (AvgIpc) is 3.27. The quantitative estimate of drug-likeness (QED) is 0.194. The fraction of sp³-hybridized carbons (Fsp3) is 0.0800. The van der Waals surface area contributed by atoms with E-state index in [0.717, 1.165) is 5.56 Å². The number of benzene rings is 3. The van der Waals surface area contributed by atoms with Gasteiger partial charge in [0.05, 0.1) is 21.7 Å². The monoisotopic (exact) mass is 512 g/mol. The van der Waals surface area contributed by atoms with Crippen molar-refractivity contribution in [3.8, 4) is 17.2 Å². The Kier molecular flexibility index (Phi) is 7.24. The van der Waals surface area contributed by atoms with Gasteiger partial charge in [-0.3, -0.25) is 14.9 Å². The summed E-state index contributed by atoms with van der Waals surface area (Å²) in [5, 5.41) is 14.8. The van der Waals surface area contributed by atoms with Gasteiger partial charge in [-0.2, -0.15) is 0 Å². The highest BCUT2D eigenvalue weighted by atomic mass is 35.5. The molecule has 178 valence electrons. The molecular weight excluding hydrogens is 495 g/mol. The van der Waals surface area contributed by atoms with Crippen molar-refractivity contribution in [2.45, 2.75) is 13.5 Å². The lowest BCUT2D eigenvalue weighted by Gasteiger charge is -2.09. The summed E-state index contributed by atoms with van der Waals surface area (Å²) in [6.45, 7) is 1.93. The standard InChI is InChI=1S/C25H18Cl2N2O6/c1-15-3-2-4-19(9-15)34-21-12-17(11-18(13-21)29(31)32)28-25(30)24-8-6-20(35-24)14-33-23-7-5-16(26)10-22(23)27/h2-13H,14H2,1H3,(H,28,30). The van der Waals surface area contributed by atoms with Crippen molar-refractivity contribution >= 4 is 40.5 Å². The highest BCUT2D eigenvalue weighted by molar-refractivity contribution is 6.35. The molecule has 1 aromatic heterocycles. The third-order valence-electron chi connectivity index (χ3n) is 4.73. The molecule has 0 fully saturated rings. The number of hydrogen-bond donors (Lipinski definition) is 1. The van der Waals surface area contributed by atoms with Crippen LogP contribution in [0, 0.1) is 17.0 Å². The van der Waals surface area contributed by atoms with Crippen LogP contribution in [0.2, 0.25) is 10.0 Å². The Morgan fingerprint density at radius 1 is 1.03 bits per heavy atom. The van der Waals surface area contributed by atoms with E-state index in [0.29, 0.717) is 27.3 Å². The zero-order valence-corrected chi connectivity index (χ0v) is 19.8. The van der Waals surface area contributed by atoms with Crippen LogP contribution in [-0.2, 0) is 6.61 Å². The van der Waals surface area contributed by atoms with Crippen molar-refractivity contribution in [3.63, 3.8) is 0 Å². The number of nitrogens with zero attached hydrogens (tertiary/aromatic N) is 1. The van der Waals surface area contributed by atoms with E-state index in [1.165, 1.54) is 24.3 Å². The second-order valence-electron chi connectivity index (χ2n) is 7.47. The number of nitro groups is 1. The van der Waals surface area contributed by atoms with E-state index in [9.17, 15) is 14.9 Å². The molecule has 4 aromatic rings. The molecule has 4 rings (SSSR count). The minimum absolute atomic E-state index is 0.00142. The van der Waals surface area contributed by atoms with Crippen LogP contribution in [0.15, 0.2) is 77.2 Å². The Morgan fingerprint density at radius 2 is 1.86 bits per heavy atom. The second kappa shape index (κ2) is 10.5. The van der Waals surface area contributed by atoms with Gasteiger partial charge in [0.1, 0.15) is 29.6 Å². The van der Waals surface area contributed by atoms with Gasteiger partial charge in [0.15, 0.2) is 5.76 Å². The molecule has 0 saturated carbocycles. The van der Waals surface area contributed by atoms with Crippen LogP contribution in [0.25, 0.3) is 0 Å². The van der Waals surface area contributed by atoms with E-state index < -0.39 is 10.8 Å². The number of amides is 1. The molecule has 0 unspecified atom stereocenters. The number of carbonyl (C=O) groups excluding carboxylic acids is 1. The van der Waals surface area contributed by atoms with Gasteiger partial charge in [-0.25, -0.2) is 0 Å². The predicted molar refractivity (Wildman–Crippen MR) is 132 cm³/mol. The van der Waals surface area contributed by atoms with Gasteiger partial charge >= 0.3 is 0 Å². The van der Waals surface area contributed by atoms with Crippen molar-refractivity contribution in [2.75, 3.05) is 5.32 Å². The average molecular weight is 513 g/mol. The van der Waals surface area contributed by atoms with E-state index in [1.54, 1.807) is 36.4 Å². The first kappa shape index (κ1) is 24.1. The number of non-ortho nitro benzene ring substituents is 1. The number of nitro benzene ring substituents is 1. The molecule has 10 heteroatoms. The number of aryl methyl sites for hydroxylation is 1. The van der Waals surface area contributed by atoms with E-state index in [-0.39, 0.29) is 29.5 Å². The zero-order chi connectivity index (χ0) is 24.9. The fourth-order valence-electron chi connectivity index (χ4n) is 3.15. The lowest BCUT2D eigenvalue weighted by atomic mass is 10.2. The summed E-state index contributed by atoms with van der Waals surface area (Å²) in [5.41, 5.74) is 0.908. The topological polar surface area (TPSA) is 104 Å². The van der Waals surface area contributed by atoms with Crippen LogP contribution < -0.4 is 14.8 Å². The Balaban J connectivity index is 1.46. The minimum Gasteiger partial charge on any atom is -0.484 e. The molecule has 35 heavy (non-hydrogen) atoms. The molecule has 0 atom stereocenters. The fourth-order valence-corrected chi connectivity index (χ4v) is 3.61. The largest absolute Gasteiger partial charge is 0.484 e. The predicted octanol–water partition coefficient (Wildman–Crippen LogP) is 7.43. The van der Waals surface area contributed by atoms with Crippen LogP contribution in [0.4, 0.5) is 11.4 Å². The highest BCUT2D eigenvalue weighted by Crippen LogP contribution is 2.31. The molecule has 0 radical (unpaired) electrons. The number of carbonyl (C=O) groups is 1. The molecule has 1 heterocycles. The Labute approximate surface area is 210 Å². The number of rotatable bonds is 8. The number of anilines is 1. The van der Waals surface area contributed by atoms with Crippen LogP contribution in [0.3, 0.4) is 0 Å². The van der Waals surface area contributed by atoms with E-state index in [1.807, 2.05) is 19.1 Å². The van der Waals surface area contributed by atoms with Gasteiger partial charge in [-0.1, -0.05) is 35.3 Å². The summed E-state index contributed by atoms with van der Waals surface area (Å²) in [6, 6.07) is 19.1. The smallest absolute Gasteiger partial charge is 0.291 e. The van der Waals surface area contributed by atoms with Gasteiger partial charge in [-0.05, 0) is 55.0 Å². The van der Waals surface area contributed by atoms with Gasteiger partial charge < -0.3 is 19.2 Å². The second-order valence-corrected chi connectivity index (χ2v) is 8.32. The van der Waals surface area contributed by atoms with Crippen LogP contribution in [0.5, 0.6) is 17.2 Å². The summed E-state index contributed by atoms with van der Waals surface area (Å²) >= 11 is 12.0. The number of ether oxygens (including phenoxy) is 2. The van der Waals surface area contributed by atoms with Crippen molar-refractivity contribution in [1.29, 1.82) is 0 Å². The molecule has 3 aromatic carbocycles. The van der Waals surface area contributed by atoms with Gasteiger partial charge in [0.25, 0.3) is 11.6 Å². The first-order valence-corrected chi connectivity index (χ1v) is 11.0. The molecular formula is C25H18Cl2N2O6. The highest BCUT2D eigenvalue weighted by Gasteiger charge is 2.17. The van der Waals surface area contributed by atoms with E-state index in [4.69, 9.17) is 37.1 Å².